The molecule has 0 spiro atoms. The van der Waals surface area contributed by atoms with E-state index in [9.17, 15) is 0 Å². The minimum Gasteiger partial charge on any atom is -0.378 e. The molecule has 124 valence electrons. The zero-order valence-electron chi connectivity index (χ0n) is 14.2. The maximum atomic E-state index is 5.15. The first-order chi connectivity index (χ1) is 11.2. The van der Waals surface area contributed by atoms with Crippen LogP contribution in [0, 0.1) is 0 Å². The maximum Gasteiger partial charge on any atom is 0.142 e. The third-order valence-corrected chi connectivity index (χ3v) is 5.35. The van der Waals surface area contributed by atoms with Gasteiger partial charge in [-0.1, -0.05) is 6.07 Å². The van der Waals surface area contributed by atoms with Crippen molar-refractivity contribution in [3.63, 3.8) is 0 Å². The number of pyridine rings is 1. The first-order valence-electron chi connectivity index (χ1n) is 8.32. The van der Waals surface area contributed by atoms with Gasteiger partial charge in [-0.3, -0.25) is 0 Å². The Kier molecular flexibility index (Phi) is 5.41. The number of methoxy groups -OCH3 is 1. The van der Waals surface area contributed by atoms with Gasteiger partial charge in [0, 0.05) is 36.7 Å². The van der Waals surface area contributed by atoms with Crippen molar-refractivity contribution in [2.24, 2.45) is 0 Å². The number of likely N-dealkylation sites (tertiary alicyclic amines) is 1. The molecule has 0 aromatic carbocycles. The quantitative estimate of drug-likeness (QED) is 0.832. The van der Waals surface area contributed by atoms with E-state index in [2.05, 4.69) is 41.9 Å². The molecule has 3 heterocycles. The van der Waals surface area contributed by atoms with Crippen LogP contribution in [-0.4, -0.2) is 41.1 Å². The zero-order chi connectivity index (χ0) is 16.2. The normalized spacial score (nSPS) is 19.4. The van der Waals surface area contributed by atoms with E-state index in [1.807, 2.05) is 5.38 Å². The highest BCUT2D eigenvalue weighted by Crippen LogP contribution is 2.29. The second-order valence-electron chi connectivity index (χ2n) is 6.45. The Morgan fingerprint density at radius 1 is 1.35 bits per heavy atom. The number of hydrogen-bond donors (Lipinski definition) is 0. The molecule has 1 aliphatic heterocycles. The Balaban J connectivity index is 1.79. The number of rotatable bonds is 5. The predicted molar refractivity (Wildman–Crippen MR) is 94.7 cm³/mol. The van der Waals surface area contributed by atoms with E-state index < -0.39 is 0 Å². The van der Waals surface area contributed by atoms with Gasteiger partial charge in [-0.2, -0.15) is 0 Å². The van der Waals surface area contributed by atoms with Gasteiger partial charge in [0.05, 0.1) is 18.0 Å². The van der Waals surface area contributed by atoms with Crippen LogP contribution in [0.3, 0.4) is 0 Å². The lowest BCUT2D eigenvalue weighted by atomic mass is 9.93. The molecule has 1 saturated heterocycles. The van der Waals surface area contributed by atoms with Crippen molar-refractivity contribution in [1.29, 1.82) is 0 Å². The lowest BCUT2D eigenvalue weighted by Crippen LogP contribution is -2.39. The van der Waals surface area contributed by atoms with E-state index in [1.165, 1.54) is 25.1 Å². The van der Waals surface area contributed by atoms with Gasteiger partial charge in [0.2, 0.25) is 0 Å². The van der Waals surface area contributed by atoms with Gasteiger partial charge in [-0.25, -0.2) is 9.97 Å². The minimum atomic E-state index is 0.532. The summed E-state index contributed by atoms with van der Waals surface area (Å²) in [4.78, 5) is 12.1. The second kappa shape index (κ2) is 7.51. The highest BCUT2D eigenvalue weighted by atomic mass is 32.1. The molecule has 0 saturated carbocycles. The maximum absolute atomic E-state index is 5.15. The van der Waals surface area contributed by atoms with Crippen LogP contribution in [-0.2, 0) is 11.3 Å². The van der Waals surface area contributed by atoms with Crippen molar-refractivity contribution in [1.82, 2.24) is 14.9 Å². The lowest BCUT2D eigenvalue weighted by Gasteiger charge is -2.35. The molecule has 23 heavy (non-hydrogen) atoms. The first-order valence-corrected chi connectivity index (χ1v) is 9.20. The number of hydrogen-bond acceptors (Lipinski definition) is 5. The molecule has 0 unspecified atom stereocenters. The van der Waals surface area contributed by atoms with Crippen molar-refractivity contribution < 1.29 is 4.74 Å². The molecule has 0 amide bonds. The Hall–Kier alpha value is -1.30. The van der Waals surface area contributed by atoms with Crippen LogP contribution in [0.25, 0.3) is 10.7 Å². The molecule has 1 fully saturated rings. The van der Waals surface area contributed by atoms with Crippen molar-refractivity contribution in [2.45, 2.75) is 45.3 Å². The van der Waals surface area contributed by atoms with E-state index in [0.29, 0.717) is 18.6 Å². The second-order valence-corrected chi connectivity index (χ2v) is 7.31. The largest absolute Gasteiger partial charge is 0.378 e. The molecule has 5 heteroatoms. The topological polar surface area (TPSA) is 38.2 Å². The van der Waals surface area contributed by atoms with Crippen LogP contribution in [0.15, 0.2) is 23.6 Å². The highest BCUT2D eigenvalue weighted by Gasteiger charge is 2.24. The molecule has 2 aromatic heterocycles. The van der Waals surface area contributed by atoms with E-state index in [0.717, 1.165) is 22.9 Å². The number of thiazole rings is 1. The van der Waals surface area contributed by atoms with E-state index in [4.69, 9.17) is 9.72 Å². The summed E-state index contributed by atoms with van der Waals surface area (Å²) in [7, 11) is 1.70. The summed E-state index contributed by atoms with van der Waals surface area (Å²) in [5.41, 5.74) is 3.16. The van der Waals surface area contributed by atoms with Crippen LogP contribution >= 0.6 is 11.3 Å². The predicted octanol–water partition coefficient (Wildman–Crippen LogP) is 3.94. The standard InChI is InChI=1S/C18H25N3OS/c1-13(2)21-9-5-6-14(10-21)16-7-4-8-17(20-16)18-19-15(11-22-3)12-23-18/h4,7-8,12-14H,5-6,9-11H2,1-3H3/t14-/m0/s1. The number of piperidine rings is 1. The Morgan fingerprint density at radius 3 is 3.00 bits per heavy atom. The van der Waals surface area contributed by atoms with Gasteiger partial charge in [-0.15, -0.1) is 11.3 Å². The van der Waals surface area contributed by atoms with Gasteiger partial charge < -0.3 is 9.64 Å². The van der Waals surface area contributed by atoms with Gasteiger partial charge in [-0.05, 0) is 45.4 Å². The van der Waals surface area contributed by atoms with Crippen LogP contribution < -0.4 is 0 Å². The lowest BCUT2D eigenvalue weighted by molar-refractivity contribution is 0.166. The summed E-state index contributed by atoms with van der Waals surface area (Å²) in [6.45, 7) is 7.43. The number of nitrogens with zero attached hydrogens (tertiary/aromatic N) is 3. The zero-order valence-corrected chi connectivity index (χ0v) is 15.0. The summed E-state index contributed by atoms with van der Waals surface area (Å²) >= 11 is 1.64. The molecule has 3 rings (SSSR count). The van der Waals surface area contributed by atoms with Crippen molar-refractivity contribution in [3.05, 3.63) is 35.0 Å². The fourth-order valence-corrected chi connectivity index (χ4v) is 3.93. The van der Waals surface area contributed by atoms with Crippen LogP contribution in [0.5, 0.6) is 0 Å². The van der Waals surface area contributed by atoms with Gasteiger partial charge >= 0.3 is 0 Å². The molecule has 0 bridgehead atoms. The summed E-state index contributed by atoms with van der Waals surface area (Å²) < 4.78 is 5.15. The minimum absolute atomic E-state index is 0.532. The smallest absolute Gasteiger partial charge is 0.142 e. The summed E-state index contributed by atoms with van der Waals surface area (Å²) in [6, 6.07) is 6.95. The third-order valence-electron chi connectivity index (χ3n) is 4.44. The van der Waals surface area contributed by atoms with Gasteiger partial charge in [0.15, 0.2) is 0 Å². The van der Waals surface area contributed by atoms with E-state index >= 15 is 0 Å². The molecule has 4 nitrogen and oxygen atoms in total. The third kappa shape index (κ3) is 3.97. The molecule has 2 aromatic rings. The fraction of sp³-hybridized carbons (Fsp3) is 0.556. The molecule has 0 aliphatic carbocycles. The van der Waals surface area contributed by atoms with Crippen LogP contribution in [0.2, 0.25) is 0 Å². The van der Waals surface area contributed by atoms with Crippen LogP contribution in [0.4, 0.5) is 0 Å². The molecule has 1 atom stereocenters. The monoisotopic (exact) mass is 331 g/mol. The van der Waals surface area contributed by atoms with Gasteiger partial charge in [0.1, 0.15) is 5.01 Å². The SMILES string of the molecule is COCc1csc(-c2cccc([C@H]3CCCN(C(C)C)C3)n2)n1. The Morgan fingerprint density at radius 2 is 2.22 bits per heavy atom. The Bertz CT molecular complexity index is 641. The van der Waals surface area contributed by atoms with Crippen molar-refractivity contribution >= 4 is 11.3 Å². The van der Waals surface area contributed by atoms with Gasteiger partial charge in [0.25, 0.3) is 0 Å². The average molecular weight is 331 g/mol. The van der Waals surface area contributed by atoms with Crippen LogP contribution in [0.1, 0.15) is 44.0 Å². The number of ether oxygens (including phenoxy) is 1. The number of aromatic nitrogens is 2. The van der Waals surface area contributed by atoms with Crippen molar-refractivity contribution in [2.75, 3.05) is 20.2 Å². The summed E-state index contributed by atoms with van der Waals surface area (Å²) in [5.74, 6) is 0.532. The van der Waals surface area contributed by atoms with Crippen molar-refractivity contribution in [3.8, 4) is 10.7 Å². The Labute approximate surface area is 142 Å². The molecular weight excluding hydrogens is 306 g/mol. The highest BCUT2D eigenvalue weighted by molar-refractivity contribution is 7.13. The summed E-state index contributed by atoms with van der Waals surface area (Å²) in [5, 5.41) is 3.03. The first kappa shape index (κ1) is 16.6. The fourth-order valence-electron chi connectivity index (χ4n) is 3.15. The molecule has 0 radical (unpaired) electrons. The molecular formula is C18H25N3OS. The van der Waals surface area contributed by atoms with E-state index in [1.54, 1.807) is 18.4 Å². The molecule has 1 aliphatic rings. The van der Waals surface area contributed by atoms with E-state index in [-0.39, 0.29) is 0 Å². The average Bonchev–Trinajstić information content (AvgIpc) is 3.04. The summed E-state index contributed by atoms with van der Waals surface area (Å²) in [6.07, 6.45) is 2.48. The molecule has 0 N–H and O–H groups in total.